The Morgan fingerprint density at radius 1 is 1.14 bits per heavy atom. The van der Waals surface area contributed by atoms with Crippen molar-refractivity contribution in [1.29, 1.82) is 0 Å². The van der Waals surface area contributed by atoms with Crippen molar-refractivity contribution >= 4 is 17.5 Å². The summed E-state index contributed by atoms with van der Waals surface area (Å²) in [5, 5.41) is 0. The van der Waals surface area contributed by atoms with E-state index < -0.39 is 0 Å². The van der Waals surface area contributed by atoms with Crippen molar-refractivity contribution in [2.75, 3.05) is 24.5 Å². The summed E-state index contributed by atoms with van der Waals surface area (Å²) in [7, 11) is 0. The van der Waals surface area contributed by atoms with Gasteiger partial charge < -0.3 is 9.80 Å². The van der Waals surface area contributed by atoms with Gasteiger partial charge in [-0.3, -0.25) is 9.59 Å². The van der Waals surface area contributed by atoms with Gasteiger partial charge in [0.2, 0.25) is 5.91 Å². The van der Waals surface area contributed by atoms with Gasteiger partial charge in [0.15, 0.2) is 0 Å². The highest BCUT2D eigenvalue weighted by atomic mass is 16.2. The van der Waals surface area contributed by atoms with Crippen molar-refractivity contribution in [3.05, 3.63) is 55.1 Å². The molecule has 4 nitrogen and oxygen atoms in total. The van der Waals surface area contributed by atoms with E-state index in [4.69, 9.17) is 0 Å². The van der Waals surface area contributed by atoms with Gasteiger partial charge in [0, 0.05) is 37.3 Å². The summed E-state index contributed by atoms with van der Waals surface area (Å²) in [6.45, 7) is 9.06. The fourth-order valence-corrected chi connectivity index (χ4v) is 2.60. The van der Waals surface area contributed by atoms with Gasteiger partial charge in [0.05, 0.1) is 0 Å². The van der Waals surface area contributed by atoms with Crippen molar-refractivity contribution in [2.24, 2.45) is 0 Å². The van der Waals surface area contributed by atoms with Crippen molar-refractivity contribution in [2.45, 2.75) is 19.3 Å². The highest BCUT2D eigenvalue weighted by Gasteiger charge is 2.20. The number of piperidine rings is 1. The van der Waals surface area contributed by atoms with Crippen LogP contribution in [0.15, 0.2) is 49.6 Å². The molecule has 0 bridgehead atoms. The van der Waals surface area contributed by atoms with Gasteiger partial charge in [-0.1, -0.05) is 12.2 Å². The lowest BCUT2D eigenvalue weighted by Crippen LogP contribution is -2.35. The van der Waals surface area contributed by atoms with E-state index in [1.807, 2.05) is 12.1 Å². The fraction of sp³-hybridized carbons (Fsp3) is 0.333. The van der Waals surface area contributed by atoms with E-state index in [0.717, 1.165) is 25.1 Å². The molecule has 4 heteroatoms. The number of rotatable bonds is 6. The van der Waals surface area contributed by atoms with Gasteiger partial charge in [-0.15, -0.1) is 13.2 Å². The Bertz CT molecular complexity index is 553. The SMILES string of the molecule is C=CCN(CC=C)C(=O)c1ccc(N2CCCCC2=O)cc1. The van der Waals surface area contributed by atoms with Gasteiger partial charge in [-0.2, -0.15) is 0 Å². The Hall–Kier alpha value is -2.36. The quantitative estimate of drug-likeness (QED) is 0.757. The van der Waals surface area contributed by atoms with Crippen molar-refractivity contribution < 1.29 is 9.59 Å². The van der Waals surface area contributed by atoms with Crippen LogP contribution in [-0.2, 0) is 4.79 Å². The number of amides is 2. The fourth-order valence-electron chi connectivity index (χ4n) is 2.60. The van der Waals surface area contributed by atoms with E-state index in [9.17, 15) is 9.59 Å². The number of hydrogen-bond donors (Lipinski definition) is 0. The third-order valence-electron chi connectivity index (χ3n) is 3.74. The molecule has 1 aromatic carbocycles. The molecule has 0 spiro atoms. The molecule has 1 heterocycles. The topological polar surface area (TPSA) is 40.6 Å². The maximum absolute atomic E-state index is 12.4. The second-order valence-corrected chi connectivity index (χ2v) is 5.34. The highest BCUT2D eigenvalue weighted by Crippen LogP contribution is 2.21. The Labute approximate surface area is 131 Å². The van der Waals surface area contributed by atoms with Crippen LogP contribution in [0.1, 0.15) is 29.6 Å². The first-order chi connectivity index (χ1) is 10.7. The molecule has 0 saturated carbocycles. The average Bonchev–Trinajstić information content (AvgIpc) is 2.55. The maximum atomic E-state index is 12.4. The predicted octanol–water partition coefficient (Wildman–Crippen LogP) is 3.02. The van der Waals surface area contributed by atoms with Crippen LogP contribution in [0.2, 0.25) is 0 Å². The van der Waals surface area contributed by atoms with Gasteiger partial charge in [0.25, 0.3) is 5.91 Å². The zero-order valence-corrected chi connectivity index (χ0v) is 12.8. The van der Waals surface area contributed by atoms with E-state index in [1.54, 1.807) is 34.1 Å². The second-order valence-electron chi connectivity index (χ2n) is 5.34. The minimum absolute atomic E-state index is 0.0590. The summed E-state index contributed by atoms with van der Waals surface area (Å²) in [6, 6.07) is 7.24. The van der Waals surface area contributed by atoms with Crippen molar-refractivity contribution in [3.8, 4) is 0 Å². The third kappa shape index (κ3) is 3.64. The van der Waals surface area contributed by atoms with Gasteiger partial charge in [0.1, 0.15) is 0 Å². The maximum Gasteiger partial charge on any atom is 0.254 e. The van der Waals surface area contributed by atoms with Gasteiger partial charge in [-0.05, 0) is 37.1 Å². The molecule has 0 aromatic heterocycles. The Kier molecular flexibility index (Phi) is 5.53. The molecule has 1 aromatic rings. The molecule has 1 fully saturated rings. The molecule has 2 amide bonds. The van der Waals surface area contributed by atoms with E-state index in [2.05, 4.69) is 13.2 Å². The molecule has 0 unspecified atom stereocenters. The zero-order chi connectivity index (χ0) is 15.9. The Balaban J connectivity index is 2.13. The standard InChI is InChI=1S/C18H22N2O2/c1-3-12-19(13-4-2)18(22)15-8-10-16(11-9-15)20-14-6-5-7-17(20)21/h3-4,8-11H,1-2,5-7,12-14H2. The zero-order valence-electron chi connectivity index (χ0n) is 12.8. The summed E-state index contributed by atoms with van der Waals surface area (Å²) < 4.78 is 0. The summed E-state index contributed by atoms with van der Waals surface area (Å²) in [5.41, 5.74) is 1.47. The van der Waals surface area contributed by atoms with Crippen LogP contribution < -0.4 is 4.90 Å². The first kappa shape index (κ1) is 16.0. The normalized spacial score (nSPS) is 14.5. The molecule has 22 heavy (non-hydrogen) atoms. The van der Waals surface area contributed by atoms with Crippen molar-refractivity contribution in [3.63, 3.8) is 0 Å². The molecular formula is C18H22N2O2. The Morgan fingerprint density at radius 3 is 2.32 bits per heavy atom. The molecule has 1 aliphatic rings. The minimum Gasteiger partial charge on any atom is -0.331 e. The second kappa shape index (κ2) is 7.59. The molecule has 2 rings (SSSR count). The number of benzene rings is 1. The van der Waals surface area contributed by atoms with Crippen LogP contribution >= 0.6 is 0 Å². The third-order valence-corrected chi connectivity index (χ3v) is 3.74. The van der Waals surface area contributed by atoms with Crippen LogP contribution in [-0.4, -0.2) is 36.3 Å². The highest BCUT2D eigenvalue weighted by molar-refractivity contribution is 5.97. The van der Waals surface area contributed by atoms with Crippen LogP contribution in [0.4, 0.5) is 5.69 Å². The predicted molar refractivity (Wildman–Crippen MR) is 88.9 cm³/mol. The molecule has 0 atom stereocenters. The van der Waals surface area contributed by atoms with E-state index in [1.165, 1.54) is 0 Å². The largest absolute Gasteiger partial charge is 0.331 e. The molecule has 1 aliphatic heterocycles. The van der Waals surface area contributed by atoms with Gasteiger partial charge in [-0.25, -0.2) is 0 Å². The van der Waals surface area contributed by atoms with E-state index >= 15 is 0 Å². The van der Waals surface area contributed by atoms with E-state index in [0.29, 0.717) is 25.1 Å². The average molecular weight is 298 g/mol. The van der Waals surface area contributed by atoms with Crippen LogP contribution in [0.5, 0.6) is 0 Å². The number of hydrogen-bond acceptors (Lipinski definition) is 2. The summed E-state index contributed by atoms with van der Waals surface area (Å²) in [5.74, 6) is 0.0987. The molecular weight excluding hydrogens is 276 g/mol. The number of carbonyl (C=O) groups excluding carboxylic acids is 2. The number of nitrogens with zero attached hydrogens (tertiary/aromatic N) is 2. The van der Waals surface area contributed by atoms with E-state index in [-0.39, 0.29) is 11.8 Å². The first-order valence-corrected chi connectivity index (χ1v) is 7.59. The smallest absolute Gasteiger partial charge is 0.254 e. The lowest BCUT2D eigenvalue weighted by Gasteiger charge is -2.27. The Morgan fingerprint density at radius 2 is 1.77 bits per heavy atom. The molecule has 116 valence electrons. The van der Waals surface area contributed by atoms with Gasteiger partial charge >= 0.3 is 0 Å². The van der Waals surface area contributed by atoms with Crippen LogP contribution in [0.3, 0.4) is 0 Å². The minimum atomic E-state index is -0.0590. The molecule has 0 N–H and O–H groups in total. The number of anilines is 1. The molecule has 0 aliphatic carbocycles. The summed E-state index contributed by atoms with van der Waals surface area (Å²) >= 11 is 0. The molecule has 1 saturated heterocycles. The molecule has 0 radical (unpaired) electrons. The lowest BCUT2D eigenvalue weighted by molar-refractivity contribution is -0.119. The van der Waals surface area contributed by atoms with Crippen LogP contribution in [0, 0.1) is 0 Å². The number of carbonyl (C=O) groups is 2. The summed E-state index contributed by atoms with van der Waals surface area (Å²) in [4.78, 5) is 27.8. The van der Waals surface area contributed by atoms with Crippen LogP contribution in [0.25, 0.3) is 0 Å². The lowest BCUT2D eigenvalue weighted by atomic mass is 10.1. The summed E-state index contributed by atoms with van der Waals surface area (Å²) in [6.07, 6.45) is 5.99. The monoisotopic (exact) mass is 298 g/mol. The van der Waals surface area contributed by atoms with Crippen molar-refractivity contribution in [1.82, 2.24) is 4.90 Å². The first-order valence-electron chi connectivity index (χ1n) is 7.59.